The molecule has 3 aromatic rings. The molecule has 0 saturated carbocycles. The lowest BCUT2D eigenvalue weighted by molar-refractivity contribution is 0.0734. The fourth-order valence-electron chi connectivity index (χ4n) is 4.52. The summed E-state index contributed by atoms with van der Waals surface area (Å²) < 4.78 is 11.3. The Bertz CT molecular complexity index is 1200. The second-order valence-corrected chi connectivity index (χ2v) is 10.3. The Balaban J connectivity index is 1.48. The minimum absolute atomic E-state index is 0.303. The smallest absolute Gasteiger partial charge is 0.343 e. The number of nitrogens with zero attached hydrogens (tertiary/aromatic N) is 3. The summed E-state index contributed by atoms with van der Waals surface area (Å²) in [7, 11) is 0. The summed E-state index contributed by atoms with van der Waals surface area (Å²) in [5.41, 5.74) is 2.63. The van der Waals surface area contributed by atoms with Crippen molar-refractivity contribution in [1.29, 1.82) is 5.26 Å². The molecule has 6 nitrogen and oxygen atoms in total. The van der Waals surface area contributed by atoms with E-state index in [0.29, 0.717) is 35.1 Å². The molecule has 0 amide bonds. The van der Waals surface area contributed by atoms with E-state index in [9.17, 15) is 10.1 Å². The van der Waals surface area contributed by atoms with Gasteiger partial charge in [0.25, 0.3) is 0 Å². The van der Waals surface area contributed by atoms with Crippen LogP contribution in [0.2, 0.25) is 0 Å². The molecule has 0 unspecified atom stereocenters. The quantitative estimate of drug-likeness (QED) is 0.0908. The van der Waals surface area contributed by atoms with Gasteiger partial charge in [-0.3, -0.25) is 0 Å². The number of ether oxygens (including phenoxy) is 2. The molecule has 212 valence electrons. The maximum atomic E-state index is 12.7. The van der Waals surface area contributed by atoms with Crippen LogP contribution >= 0.6 is 0 Å². The highest BCUT2D eigenvalue weighted by Crippen LogP contribution is 2.23. The third kappa shape index (κ3) is 10.4. The molecule has 1 heterocycles. The van der Waals surface area contributed by atoms with E-state index < -0.39 is 5.97 Å². The van der Waals surface area contributed by atoms with E-state index in [1.165, 1.54) is 63.9 Å². The monoisotopic (exact) mass is 541 g/mol. The van der Waals surface area contributed by atoms with Crippen LogP contribution in [0.1, 0.15) is 112 Å². The zero-order valence-corrected chi connectivity index (χ0v) is 24.2. The lowest BCUT2D eigenvalue weighted by atomic mass is 10.1. The van der Waals surface area contributed by atoms with Gasteiger partial charge in [-0.25, -0.2) is 14.8 Å². The fraction of sp³-hybridized carbons (Fsp3) is 0.471. The highest BCUT2D eigenvalue weighted by atomic mass is 16.5. The first-order chi connectivity index (χ1) is 19.6. The van der Waals surface area contributed by atoms with Crippen LogP contribution in [0.5, 0.6) is 11.5 Å². The van der Waals surface area contributed by atoms with Crippen molar-refractivity contribution in [3.63, 3.8) is 0 Å². The number of carbonyl (C=O) groups is 1. The van der Waals surface area contributed by atoms with Crippen LogP contribution < -0.4 is 9.47 Å². The summed E-state index contributed by atoms with van der Waals surface area (Å²) in [5, 5.41) is 9.56. The van der Waals surface area contributed by atoms with Gasteiger partial charge in [-0.1, -0.05) is 78.1 Å². The Kier molecular flexibility index (Phi) is 13.7. The van der Waals surface area contributed by atoms with Crippen LogP contribution in [0.4, 0.5) is 0 Å². The number of aromatic nitrogens is 2. The van der Waals surface area contributed by atoms with E-state index in [4.69, 9.17) is 9.47 Å². The molecule has 0 atom stereocenters. The maximum Gasteiger partial charge on any atom is 0.343 e. The topological polar surface area (TPSA) is 85.1 Å². The van der Waals surface area contributed by atoms with E-state index in [2.05, 4.69) is 29.9 Å². The molecule has 0 saturated heterocycles. The number of hydrogen-bond acceptors (Lipinski definition) is 6. The van der Waals surface area contributed by atoms with Crippen molar-refractivity contribution < 1.29 is 14.3 Å². The molecule has 3 rings (SSSR count). The predicted octanol–water partition coefficient (Wildman–Crippen LogP) is 8.88. The van der Waals surface area contributed by atoms with Gasteiger partial charge in [0.2, 0.25) is 0 Å². The van der Waals surface area contributed by atoms with Gasteiger partial charge in [0, 0.05) is 18.0 Å². The number of carbonyl (C=O) groups excluding carboxylic acids is 1. The second kappa shape index (κ2) is 17.8. The maximum absolute atomic E-state index is 12.7. The highest BCUT2D eigenvalue weighted by Gasteiger charge is 2.13. The average Bonchev–Trinajstić information content (AvgIpc) is 2.99. The third-order valence-electron chi connectivity index (χ3n) is 6.94. The average molecular weight is 542 g/mol. The number of unbranched alkanes of at least 4 members (excludes halogenated alkanes) is 10. The number of rotatable bonds is 18. The van der Waals surface area contributed by atoms with Gasteiger partial charge in [0.15, 0.2) is 5.82 Å². The Morgan fingerprint density at radius 2 is 1.43 bits per heavy atom. The first kappa shape index (κ1) is 30.8. The molecule has 0 radical (unpaired) electrons. The highest BCUT2D eigenvalue weighted by molar-refractivity contribution is 5.91. The summed E-state index contributed by atoms with van der Waals surface area (Å²) in [5.74, 6) is 1.02. The number of esters is 1. The van der Waals surface area contributed by atoms with Crippen LogP contribution in [0.25, 0.3) is 11.4 Å². The fourth-order valence-corrected chi connectivity index (χ4v) is 4.52. The van der Waals surface area contributed by atoms with Gasteiger partial charge in [0.1, 0.15) is 17.6 Å². The van der Waals surface area contributed by atoms with Crippen LogP contribution in [-0.2, 0) is 6.42 Å². The van der Waals surface area contributed by atoms with Crippen molar-refractivity contribution in [2.24, 2.45) is 0 Å². The molecular formula is C34H43N3O3. The van der Waals surface area contributed by atoms with Gasteiger partial charge in [-0.15, -0.1) is 0 Å². The molecule has 0 N–H and O–H groups in total. The number of benzene rings is 2. The van der Waals surface area contributed by atoms with Gasteiger partial charge in [-0.2, -0.15) is 5.26 Å². The molecule has 0 aliphatic carbocycles. The molecule has 1 aromatic heterocycles. The van der Waals surface area contributed by atoms with E-state index in [1.54, 1.807) is 24.3 Å². The molecule has 2 aromatic carbocycles. The first-order valence-electron chi connectivity index (χ1n) is 14.9. The molecule has 0 bridgehead atoms. The van der Waals surface area contributed by atoms with Gasteiger partial charge in [-0.05, 0) is 67.3 Å². The summed E-state index contributed by atoms with van der Waals surface area (Å²) >= 11 is 0. The number of aryl methyl sites for hydroxylation is 1. The number of hydrogen-bond donors (Lipinski definition) is 0. The molecule has 6 heteroatoms. The van der Waals surface area contributed by atoms with Gasteiger partial charge < -0.3 is 9.47 Å². The predicted molar refractivity (Wildman–Crippen MR) is 160 cm³/mol. The molecular weight excluding hydrogens is 498 g/mol. The summed E-state index contributed by atoms with van der Waals surface area (Å²) in [6, 6.07) is 14.1. The molecule has 0 spiro atoms. The zero-order chi connectivity index (χ0) is 28.4. The van der Waals surface area contributed by atoms with E-state index in [-0.39, 0.29) is 0 Å². The molecule has 0 fully saturated rings. The van der Waals surface area contributed by atoms with Gasteiger partial charge in [0.05, 0.1) is 17.7 Å². The van der Waals surface area contributed by atoms with Crippen LogP contribution in [0, 0.1) is 11.3 Å². The minimum Gasteiger partial charge on any atom is -0.492 e. The van der Waals surface area contributed by atoms with Crippen molar-refractivity contribution in [3.05, 3.63) is 71.5 Å². The lowest BCUT2D eigenvalue weighted by Crippen LogP contribution is -2.09. The molecule has 0 aliphatic rings. The van der Waals surface area contributed by atoms with Crippen molar-refractivity contribution in [1.82, 2.24) is 9.97 Å². The Morgan fingerprint density at radius 3 is 2.08 bits per heavy atom. The summed E-state index contributed by atoms with van der Waals surface area (Å²) in [6.07, 6.45) is 19.4. The summed E-state index contributed by atoms with van der Waals surface area (Å²) in [4.78, 5) is 21.8. The standard InChI is InChI=1S/C34H43N3O3/c1-3-5-7-9-11-13-15-27-25-36-33(37-26-27)28-16-19-31(20-17-28)40-34(38)29-18-21-32(30(23-29)24-35)39-22-14-12-10-8-6-4-2/h16-21,23,25-26H,3-15,22H2,1-2H3. The molecule has 0 aliphatic heterocycles. The molecule has 40 heavy (non-hydrogen) atoms. The Morgan fingerprint density at radius 1 is 0.800 bits per heavy atom. The Hall–Kier alpha value is -3.72. The number of nitriles is 1. The Labute approximate surface area is 239 Å². The van der Waals surface area contributed by atoms with E-state index in [0.717, 1.165) is 36.8 Å². The summed E-state index contributed by atoms with van der Waals surface area (Å²) in [6.45, 7) is 5.00. The van der Waals surface area contributed by atoms with Crippen LogP contribution in [0.15, 0.2) is 54.9 Å². The third-order valence-corrected chi connectivity index (χ3v) is 6.94. The first-order valence-corrected chi connectivity index (χ1v) is 14.9. The van der Waals surface area contributed by atoms with Crippen molar-refractivity contribution in [2.75, 3.05) is 6.61 Å². The largest absolute Gasteiger partial charge is 0.492 e. The van der Waals surface area contributed by atoms with E-state index >= 15 is 0 Å². The van der Waals surface area contributed by atoms with Crippen molar-refractivity contribution in [3.8, 4) is 29.0 Å². The van der Waals surface area contributed by atoms with Crippen molar-refractivity contribution in [2.45, 2.75) is 97.3 Å². The van der Waals surface area contributed by atoms with E-state index in [1.807, 2.05) is 24.5 Å². The van der Waals surface area contributed by atoms with Crippen molar-refractivity contribution >= 4 is 5.97 Å². The lowest BCUT2D eigenvalue weighted by Gasteiger charge is -2.10. The van der Waals surface area contributed by atoms with Crippen LogP contribution in [0.3, 0.4) is 0 Å². The SMILES string of the molecule is CCCCCCCCOc1ccc(C(=O)Oc2ccc(-c3ncc(CCCCCCCC)cn3)cc2)cc1C#N. The zero-order valence-electron chi connectivity index (χ0n) is 24.2. The van der Waals surface area contributed by atoms with Gasteiger partial charge >= 0.3 is 5.97 Å². The second-order valence-electron chi connectivity index (χ2n) is 10.3. The minimum atomic E-state index is -0.526. The normalized spacial score (nSPS) is 10.7. The van der Waals surface area contributed by atoms with Crippen LogP contribution in [-0.4, -0.2) is 22.5 Å².